The Morgan fingerprint density at radius 2 is 2.17 bits per heavy atom. The molecule has 0 aromatic rings. The van der Waals surface area contributed by atoms with Gasteiger partial charge >= 0.3 is 0 Å². The zero-order valence-corrected chi connectivity index (χ0v) is 7.25. The zero-order valence-electron chi connectivity index (χ0n) is 7.25. The van der Waals surface area contributed by atoms with E-state index in [1.807, 2.05) is 12.2 Å². The molecule has 0 unspecified atom stereocenters. The van der Waals surface area contributed by atoms with E-state index in [1.165, 1.54) is 0 Å². The van der Waals surface area contributed by atoms with Gasteiger partial charge in [-0.05, 0) is 24.5 Å². The van der Waals surface area contributed by atoms with Crippen LogP contribution < -0.4 is 0 Å². The van der Waals surface area contributed by atoms with Crippen molar-refractivity contribution < 1.29 is 10.2 Å². The lowest BCUT2D eigenvalue weighted by atomic mass is 10.0. The highest BCUT2D eigenvalue weighted by molar-refractivity contribution is 5.48. The van der Waals surface area contributed by atoms with E-state index in [4.69, 9.17) is 10.2 Å². The van der Waals surface area contributed by atoms with Gasteiger partial charge in [0.15, 0.2) is 0 Å². The fraction of sp³-hybridized carbons (Fsp3) is 0.400. The van der Waals surface area contributed by atoms with Gasteiger partial charge < -0.3 is 10.2 Å². The van der Waals surface area contributed by atoms with Crippen molar-refractivity contribution in [2.75, 3.05) is 0 Å². The average Bonchev–Trinajstić information content (AvgIpc) is 2.48. The van der Waals surface area contributed by atoms with E-state index in [0.29, 0.717) is 5.57 Å². The summed E-state index contributed by atoms with van der Waals surface area (Å²) >= 11 is 0. The van der Waals surface area contributed by atoms with Crippen molar-refractivity contribution in [1.82, 2.24) is 0 Å². The molecule has 2 heteroatoms. The van der Waals surface area contributed by atoms with E-state index in [9.17, 15) is 0 Å². The Bertz CT molecular complexity index is 243. The second kappa shape index (κ2) is 4.00. The lowest BCUT2D eigenvalue weighted by Crippen LogP contribution is -1.90. The summed E-state index contributed by atoms with van der Waals surface area (Å²) in [5.41, 5.74) is 1.60. The Kier molecular flexibility index (Phi) is 2.97. The quantitative estimate of drug-likeness (QED) is 0.633. The highest BCUT2D eigenvalue weighted by atomic mass is 16.5. The maximum Gasteiger partial charge on any atom is 0.281 e. The molecule has 1 rings (SSSR count). The number of aliphatic hydroxyl groups excluding tert-OH is 1. The molecule has 0 spiro atoms. The third-order valence-corrected chi connectivity index (χ3v) is 1.95. The first-order chi connectivity index (χ1) is 5.75. The van der Waals surface area contributed by atoms with Crippen molar-refractivity contribution >= 4 is 0 Å². The highest BCUT2D eigenvalue weighted by Gasteiger charge is 2.10. The van der Waals surface area contributed by atoms with Gasteiger partial charge in [0.05, 0.1) is 5.57 Å². The molecular formula is C10H14O2. The maximum absolute atomic E-state index is 8.86. The summed E-state index contributed by atoms with van der Waals surface area (Å²) in [6.07, 6.45) is 8.62. The normalized spacial score (nSPS) is 15.1. The molecule has 0 aromatic carbocycles. The number of aliphatic hydroxyl groups is 2. The van der Waals surface area contributed by atoms with Crippen molar-refractivity contribution in [2.45, 2.75) is 26.2 Å². The molecule has 66 valence electrons. The third kappa shape index (κ3) is 1.91. The Morgan fingerprint density at radius 1 is 1.42 bits per heavy atom. The number of hydrogen-bond acceptors (Lipinski definition) is 2. The van der Waals surface area contributed by atoms with Gasteiger partial charge in [-0.1, -0.05) is 25.5 Å². The van der Waals surface area contributed by atoms with Crippen LogP contribution in [0, 0.1) is 0 Å². The summed E-state index contributed by atoms with van der Waals surface area (Å²) in [4.78, 5) is 0. The van der Waals surface area contributed by atoms with Gasteiger partial charge in [0, 0.05) is 0 Å². The molecule has 0 bridgehead atoms. The Balaban J connectivity index is 2.62. The van der Waals surface area contributed by atoms with Gasteiger partial charge in [0.1, 0.15) is 0 Å². The lowest BCUT2D eigenvalue weighted by Gasteiger charge is -2.02. The maximum atomic E-state index is 8.86. The van der Waals surface area contributed by atoms with Crippen LogP contribution in [0.4, 0.5) is 0 Å². The monoisotopic (exact) mass is 166 g/mol. The van der Waals surface area contributed by atoms with Crippen LogP contribution >= 0.6 is 0 Å². The molecule has 0 amide bonds. The summed E-state index contributed by atoms with van der Waals surface area (Å²) < 4.78 is 0. The van der Waals surface area contributed by atoms with E-state index >= 15 is 0 Å². The molecule has 2 nitrogen and oxygen atoms in total. The van der Waals surface area contributed by atoms with Crippen LogP contribution in [0.2, 0.25) is 0 Å². The number of unbranched alkanes of at least 4 members (excludes halogenated alkanes) is 1. The van der Waals surface area contributed by atoms with Crippen LogP contribution in [-0.4, -0.2) is 10.2 Å². The van der Waals surface area contributed by atoms with Crippen LogP contribution in [0.3, 0.4) is 0 Å². The van der Waals surface area contributed by atoms with Crippen LogP contribution in [0.15, 0.2) is 35.3 Å². The van der Waals surface area contributed by atoms with E-state index in [0.717, 1.165) is 24.8 Å². The molecule has 12 heavy (non-hydrogen) atoms. The smallest absolute Gasteiger partial charge is 0.281 e. The fourth-order valence-electron chi connectivity index (χ4n) is 1.26. The van der Waals surface area contributed by atoms with E-state index in [2.05, 4.69) is 6.92 Å². The van der Waals surface area contributed by atoms with Crippen molar-refractivity contribution in [1.29, 1.82) is 0 Å². The first-order valence-corrected chi connectivity index (χ1v) is 4.25. The number of allylic oxidation sites excluding steroid dienone is 5. The summed E-state index contributed by atoms with van der Waals surface area (Å²) in [5, 5.41) is 17.7. The Labute approximate surface area is 72.5 Å². The van der Waals surface area contributed by atoms with E-state index in [-0.39, 0.29) is 0 Å². The molecule has 1 aliphatic rings. The third-order valence-electron chi connectivity index (χ3n) is 1.95. The predicted molar refractivity (Wildman–Crippen MR) is 49.0 cm³/mol. The summed E-state index contributed by atoms with van der Waals surface area (Å²) in [6.45, 7) is 2.12. The molecular weight excluding hydrogens is 152 g/mol. The molecule has 2 N–H and O–H groups in total. The van der Waals surface area contributed by atoms with Gasteiger partial charge in [-0.25, -0.2) is 0 Å². The molecule has 0 aliphatic heterocycles. The van der Waals surface area contributed by atoms with E-state index < -0.39 is 5.95 Å². The van der Waals surface area contributed by atoms with Crippen LogP contribution in [0.1, 0.15) is 26.2 Å². The minimum Gasteiger partial charge on any atom is -0.481 e. The van der Waals surface area contributed by atoms with Gasteiger partial charge in [-0.3, -0.25) is 0 Å². The second-order valence-electron chi connectivity index (χ2n) is 2.89. The van der Waals surface area contributed by atoms with E-state index in [1.54, 1.807) is 6.08 Å². The van der Waals surface area contributed by atoms with Crippen LogP contribution in [-0.2, 0) is 0 Å². The highest BCUT2D eigenvalue weighted by Crippen LogP contribution is 2.24. The van der Waals surface area contributed by atoms with Crippen molar-refractivity contribution in [2.24, 2.45) is 0 Å². The van der Waals surface area contributed by atoms with Crippen molar-refractivity contribution in [3.8, 4) is 0 Å². The van der Waals surface area contributed by atoms with Gasteiger partial charge in [-0.15, -0.1) is 0 Å². The molecule has 0 fully saturated rings. The van der Waals surface area contributed by atoms with Gasteiger partial charge in [0.25, 0.3) is 5.95 Å². The second-order valence-corrected chi connectivity index (χ2v) is 2.89. The molecule has 0 saturated heterocycles. The fourth-order valence-corrected chi connectivity index (χ4v) is 1.26. The first-order valence-electron chi connectivity index (χ1n) is 4.25. The Morgan fingerprint density at radius 3 is 2.75 bits per heavy atom. The van der Waals surface area contributed by atoms with Crippen molar-refractivity contribution in [3.63, 3.8) is 0 Å². The molecule has 0 radical (unpaired) electrons. The van der Waals surface area contributed by atoms with Gasteiger partial charge in [0.2, 0.25) is 0 Å². The standard InChI is InChI=1S/C10H14O2/c1-2-3-5-8-6-4-7-9(8)10(11)12/h4,6-7,11-12H,2-3,5H2,1H3. The summed E-state index contributed by atoms with van der Waals surface area (Å²) in [5.74, 6) is -0.564. The number of hydrogen-bond donors (Lipinski definition) is 2. The Hall–Kier alpha value is -1.18. The predicted octanol–water partition coefficient (Wildman–Crippen LogP) is 3.00. The summed E-state index contributed by atoms with van der Waals surface area (Å²) in [7, 11) is 0. The molecule has 1 aliphatic carbocycles. The largest absolute Gasteiger partial charge is 0.481 e. The average molecular weight is 166 g/mol. The minimum atomic E-state index is -0.564. The van der Waals surface area contributed by atoms with Crippen LogP contribution in [0.5, 0.6) is 0 Å². The SMILES string of the molecule is CCCCC1=CC=CC1=C(O)O. The lowest BCUT2D eigenvalue weighted by molar-refractivity contribution is 0.187. The minimum absolute atomic E-state index is 0.564. The zero-order chi connectivity index (χ0) is 8.97. The molecule has 0 atom stereocenters. The molecule has 0 saturated carbocycles. The molecule has 0 aromatic heterocycles. The molecule has 0 heterocycles. The summed E-state index contributed by atoms with van der Waals surface area (Å²) in [6, 6.07) is 0. The number of rotatable bonds is 3. The van der Waals surface area contributed by atoms with Crippen molar-refractivity contribution in [3.05, 3.63) is 35.3 Å². The van der Waals surface area contributed by atoms with Gasteiger partial charge in [-0.2, -0.15) is 0 Å². The topological polar surface area (TPSA) is 40.5 Å². The first kappa shape index (κ1) is 8.91. The van der Waals surface area contributed by atoms with Crippen LogP contribution in [0.25, 0.3) is 0 Å².